The number of likely N-dealkylation sites (tertiary alicyclic amines) is 1. The van der Waals surface area contributed by atoms with E-state index >= 15 is 0 Å². The van der Waals surface area contributed by atoms with Crippen LogP contribution in [0.3, 0.4) is 0 Å². The molecule has 1 aromatic carbocycles. The molecule has 0 spiro atoms. The van der Waals surface area contributed by atoms with E-state index in [1.165, 1.54) is 17.0 Å². The highest BCUT2D eigenvalue weighted by molar-refractivity contribution is 6.38. The number of hydrogen-bond donors (Lipinski definition) is 5. The number of rotatable bonds is 16. The van der Waals surface area contributed by atoms with Crippen LogP contribution in [-0.4, -0.2) is 88.8 Å². The van der Waals surface area contributed by atoms with Crippen molar-refractivity contribution in [1.82, 2.24) is 26.2 Å². The van der Waals surface area contributed by atoms with Crippen molar-refractivity contribution in [3.8, 4) is 0 Å². The van der Waals surface area contributed by atoms with E-state index in [0.29, 0.717) is 24.8 Å². The molecule has 0 radical (unpaired) electrons. The van der Waals surface area contributed by atoms with Gasteiger partial charge >= 0.3 is 12.1 Å². The normalized spacial score (nSPS) is 19.7. The number of amides is 5. The number of nitrogens with one attached hydrogen (secondary N) is 4. The minimum Gasteiger partial charge on any atom is -0.479 e. The summed E-state index contributed by atoms with van der Waals surface area (Å²) in [7, 11) is 0. The number of benzene rings is 1. The molecule has 270 valence electrons. The lowest BCUT2D eigenvalue weighted by atomic mass is 9.83. The molecular weight excluding hydrogens is 634 g/mol. The fourth-order valence-electron chi connectivity index (χ4n) is 6.41. The largest absolute Gasteiger partial charge is 0.479 e. The van der Waals surface area contributed by atoms with E-state index in [0.717, 1.165) is 32.1 Å². The standard InChI is InChI=1S/C35H51N5O9/c1-5-12-25(30(42)32(44)36-19-27(41)38-29(34(46)47)24-15-10-7-11-16-24)37-31(43)26-18-17-22(4)40(26)33(45)28(23-13-8-6-9-14-23)39-35(48)49-20-21(2)3/h7,10-11,15-16,21-23,25-26,28-29H,5-6,8-9,12-14,17-20H2,1-4H3,(H,36,44)(H,37,43)(H,38,41)(H,39,48)(H,46,47)/t22?,25?,26-,28-,29?/m0/s1. The van der Waals surface area contributed by atoms with Crippen LogP contribution in [-0.2, 0) is 33.5 Å². The monoisotopic (exact) mass is 685 g/mol. The molecule has 49 heavy (non-hydrogen) atoms. The number of alkyl carbamates (subject to hydrolysis) is 1. The van der Waals surface area contributed by atoms with Crippen molar-refractivity contribution in [2.24, 2.45) is 11.8 Å². The third kappa shape index (κ3) is 11.3. The maximum absolute atomic E-state index is 14.1. The molecule has 1 aromatic rings. The maximum Gasteiger partial charge on any atom is 0.407 e. The van der Waals surface area contributed by atoms with E-state index in [2.05, 4.69) is 21.3 Å². The van der Waals surface area contributed by atoms with Crippen molar-refractivity contribution in [2.75, 3.05) is 13.2 Å². The Morgan fingerprint density at radius 1 is 0.918 bits per heavy atom. The van der Waals surface area contributed by atoms with Gasteiger partial charge in [-0.15, -0.1) is 0 Å². The van der Waals surface area contributed by atoms with Gasteiger partial charge in [0.2, 0.25) is 23.5 Å². The summed E-state index contributed by atoms with van der Waals surface area (Å²) in [5, 5.41) is 19.5. The Morgan fingerprint density at radius 3 is 2.20 bits per heavy atom. The second kappa shape index (κ2) is 18.9. The van der Waals surface area contributed by atoms with Gasteiger partial charge in [-0.05, 0) is 56.4 Å². The van der Waals surface area contributed by atoms with Gasteiger partial charge < -0.3 is 36.0 Å². The number of carbonyl (C=O) groups excluding carboxylic acids is 6. The first-order valence-electron chi connectivity index (χ1n) is 17.3. The molecular formula is C35H51N5O9. The Hall–Kier alpha value is -4.49. The number of carboxylic acid groups (broad SMARTS) is 1. The van der Waals surface area contributed by atoms with Crippen molar-refractivity contribution in [3.63, 3.8) is 0 Å². The summed E-state index contributed by atoms with van der Waals surface area (Å²) in [4.78, 5) is 92.2. The Balaban J connectivity index is 1.67. The molecule has 3 unspecified atom stereocenters. The first kappa shape index (κ1) is 39.0. The van der Waals surface area contributed by atoms with Crippen LogP contribution in [0.5, 0.6) is 0 Å². The van der Waals surface area contributed by atoms with Gasteiger partial charge in [-0.2, -0.15) is 0 Å². The summed E-state index contributed by atoms with van der Waals surface area (Å²) < 4.78 is 5.32. The molecule has 14 heteroatoms. The third-order valence-electron chi connectivity index (χ3n) is 8.96. The molecule has 5 atom stereocenters. The molecule has 5 amide bonds. The molecule has 14 nitrogen and oxygen atoms in total. The van der Waals surface area contributed by atoms with Gasteiger partial charge in [0.25, 0.3) is 5.91 Å². The van der Waals surface area contributed by atoms with Gasteiger partial charge in [0.05, 0.1) is 19.2 Å². The van der Waals surface area contributed by atoms with E-state index in [4.69, 9.17) is 4.74 Å². The first-order chi connectivity index (χ1) is 23.3. The molecule has 1 aliphatic heterocycles. The zero-order chi connectivity index (χ0) is 36.1. The van der Waals surface area contributed by atoms with E-state index in [9.17, 15) is 38.7 Å². The van der Waals surface area contributed by atoms with Crippen molar-refractivity contribution in [1.29, 1.82) is 0 Å². The lowest BCUT2D eigenvalue weighted by molar-refractivity contribution is -0.145. The van der Waals surface area contributed by atoms with Gasteiger partial charge in [0.15, 0.2) is 6.04 Å². The van der Waals surface area contributed by atoms with Gasteiger partial charge in [-0.1, -0.05) is 76.8 Å². The summed E-state index contributed by atoms with van der Waals surface area (Å²) in [6.07, 6.45) is 5.15. The van der Waals surface area contributed by atoms with Crippen LogP contribution in [0, 0.1) is 11.8 Å². The quantitative estimate of drug-likeness (QED) is 0.162. The molecule has 2 fully saturated rings. The van der Waals surface area contributed by atoms with Gasteiger partial charge in [-0.25, -0.2) is 9.59 Å². The number of carbonyl (C=O) groups is 7. The number of carboxylic acids is 1. The van der Waals surface area contributed by atoms with Crippen LogP contribution in [0.1, 0.15) is 97.1 Å². The summed E-state index contributed by atoms with van der Waals surface area (Å²) in [6, 6.07) is 3.34. The van der Waals surface area contributed by atoms with Gasteiger partial charge in [0.1, 0.15) is 12.1 Å². The number of Topliss-reactive ketones (excluding diaryl/α,β-unsaturated/α-hetero) is 1. The van der Waals surface area contributed by atoms with Crippen LogP contribution < -0.4 is 21.3 Å². The second-order valence-corrected chi connectivity index (χ2v) is 13.3. The van der Waals surface area contributed by atoms with Crippen molar-refractivity contribution >= 4 is 41.5 Å². The minimum atomic E-state index is -1.36. The fourth-order valence-corrected chi connectivity index (χ4v) is 6.41. The first-order valence-corrected chi connectivity index (χ1v) is 17.3. The van der Waals surface area contributed by atoms with Crippen molar-refractivity contribution in [3.05, 3.63) is 35.9 Å². The highest BCUT2D eigenvalue weighted by Gasteiger charge is 2.44. The summed E-state index contributed by atoms with van der Waals surface area (Å²) in [5.74, 6) is -5.18. The van der Waals surface area contributed by atoms with E-state index in [1.54, 1.807) is 25.1 Å². The predicted molar refractivity (Wildman–Crippen MR) is 179 cm³/mol. The van der Waals surface area contributed by atoms with E-state index in [-0.39, 0.29) is 36.8 Å². The van der Waals surface area contributed by atoms with Crippen LogP contribution in [0.25, 0.3) is 0 Å². The highest BCUT2D eigenvalue weighted by Crippen LogP contribution is 2.31. The molecule has 3 rings (SSSR count). The molecule has 1 heterocycles. The Morgan fingerprint density at radius 2 is 1.59 bits per heavy atom. The number of aliphatic carboxylic acids is 1. The minimum absolute atomic E-state index is 0.113. The van der Waals surface area contributed by atoms with E-state index in [1.807, 2.05) is 20.8 Å². The molecule has 0 aromatic heterocycles. The second-order valence-electron chi connectivity index (χ2n) is 13.3. The summed E-state index contributed by atoms with van der Waals surface area (Å²) in [6.45, 7) is 6.97. The lowest BCUT2D eigenvalue weighted by Gasteiger charge is -2.36. The molecule has 1 aliphatic carbocycles. The molecule has 1 saturated carbocycles. The Kier molecular flexibility index (Phi) is 15.0. The SMILES string of the molecule is CCCC(NC(=O)[C@@H]1CCC(C)N1C(=O)[C@@H](NC(=O)OCC(C)C)C1CCCCC1)C(=O)C(=O)NCC(=O)NC(C(=O)O)c1ccccc1. The third-order valence-corrected chi connectivity index (χ3v) is 8.96. The molecule has 0 bridgehead atoms. The number of ether oxygens (including phenoxy) is 1. The number of ketones is 1. The smallest absolute Gasteiger partial charge is 0.407 e. The number of nitrogens with zero attached hydrogens (tertiary/aromatic N) is 1. The molecule has 5 N–H and O–H groups in total. The topological polar surface area (TPSA) is 200 Å². The molecule has 1 saturated heterocycles. The van der Waals surface area contributed by atoms with Crippen LogP contribution >= 0.6 is 0 Å². The zero-order valence-corrected chi connectivity index (χ0v) is 28.9. The zero-order valence-electron chi connectivity index (χ0n) is 28.9. The van der Waals surface area contributed by atoms with Crippen molar-refractivity contribution in [2.45, 2.75) is 116 Å². The average molecular weight is 686 g/mol. The van der Waals surface area contributed by atoms with E-state index < -0.39 is 66.3 Å². The Bertz CT molecular complexity index is 1330. The van der Waals surface area contributed by atoms with Crippen LogP contribution in [0.2, 0.25) is 0 Å². The van der Waals surface area contributed by atoms with Gasteiger partial charge in [-0.3, -0.25) is 24.0 Å². The fraction of sp³-hybridized carbons (Fsp3) is 0.629. The predicted octanol–water partition coefficient (Wildman–Crippen LogP) is 2.61. The average Bonchev–Trinajstić information content (AvgIpc) is 3.48. The molecule has 2 aliphatic rings. The highest BCUT2D eigenvalue weighted by atomic mass is 16.5. The van der Waals surface area contributed by atoms with Gasteiger partial charge in [0, 0.05) is 6.04 Å². The maximum atomic E-state index is 14.1. The van der Waals surface area contributed by atoms with Crippen molar-refractivity contribution < 1.29 is 43.4 Å². The van der Waals surface area contributed by atoms with Crippen LogP contribution in [0.4, 0.5) is 4.79 Å². The number of hydrogen-bond acceptors (Lipinski definition) is 8. The summed E-state index contributed by atoms with van der Waals surface area (Å²) in [5.41, 5.74) is 0.331. The Labute approximate surface area is 287 Å². The summed E-state index contributed by atoms with van der Waals surface area (Å²) >= 11 is 0. The van der Waals surface area contributed by atoms with Crippen LogP contribution in [0.15, 0.2) is 30.3 Å². The lowest BCUT2D eigenvalue weighted by Crippen LogP contribution is -2.59.